The summed E-state index contributed by atoms with van der Waals surface area (Å²) >= 11 is 0. The molecule has 2 aromatic rings. The summed E-state index contributed by atoms with van der Waals surface area (Å²) < 4.78 is 0. The summed E-state index contributed by atoms with van der Waals surface area (Å²) in [7, 11) is 0. The van der Waals surface area contributed by atoms with Crippen molar-refractivity contribution in [2.75, 3.05) is 6.54 Å². The molecular formula is C32H50N8O7. The third-order valence-electron chi connectivity index (χ3n) is 7.66. The second-order valence-electron chi connectivity index (χ2n) is 12.5. The van der Waals surface area contributed by atoms with Gasteiger partial charge in [0.1, 0.15) is 24.2 Å². The van der Waals surface area contributed by atoms with Gasteiger partial charge in [-0.2, -0.15) is 0 Å². The van der Waals surface area contributed by atoms with Crippen LogP contribution in [0.15, 0.2) is 30.5 Å². The molecule has 47 heavy (non-hydrogen) atoms. The molecule has 0 radical (unpaired) electrons. The average Bonchev–Trinajstić information content (AvgIpc) is 3.40. The van der Waals surface area contributed by atoms with Gasteiger partial charge in [0.05, 0.1) is 12.5 Å². The van der Waals surface area contributed by atoms with Crippen LogP contribution in [0, 0.1) is 11.8 Å². The zero-order valence-corrected chi connectivity index (χ0v) is 27.5. The normalized spacial score (nSPS) is 14.6. The SMILES string of the molecule is CC(C)C[C@H](N)C(=O)N[C@@H](Cc1c[nH]c2ccccc12)C(=O)N[C@@H](CCCCN)C(=O)N[C@@H](CC(=O)O)C(=O)N[C@H](C(N)=O)C(C)C. The lowest BCUT2D eigenvalue weighted by atomic mass is 10.0. The van der Waals surface area contributed by atoms with Crippen molar-refractivity contribution in [2.45, 2.75) is 96.4 Å². The number of nitrogens with one attached hydrogen (secondary N) is 5. The minimum atomic E-state index is -1.58. The van der Waals surface area contributed by atoms with E-state index in [0.717, 1.165) is 16.5 Å². The molecule has 0 aliphatic heterocycles. The fourth-order valence-electron chi connectivity index (χ4n) is 5.13. The van der Waals surface area contributed by atoms with Gasteiger partial charge in [-0.3, -0.25) is 28.8 Å². The standard InChI is InChI=1S/C32H50N8O7/c1-17(2)13-21(34)29(44)38-24(14-19-16-36-22-10-6-5-9-20(19)22)31(46)37-23(11-7-8-12-33)30(45)39-25(15-26(41)42)32(47)40-27(18(3)4)28(35)43/h5-6,9-10,16-18,21,23-25,27,36H,7-8,11-15,33-34H2,1-4H3,(H2,35,43)(H,37,46)(H,38,44)(H,39,45)(H,40,47)(H,41,42)/t21-,23-,24-,25-,27-/m0/s1. The second kappa shape index (κ2) is 18.6. The number of aromatic nitrogens is 1. The van der Waals surface area contributed by atoms with Gasteiger partial charge in [-0.15, -0.1) is 0 Å². The van der Waals surface area contributed by atoms with Crippen molar-refractivity contribution in [3.05, 3.63) is 36.0 Å². The zero-order chi connectivity index (χ0) is 35.3. The molecule has 15 nitrogen and oxygen atoms in total. The number of unbranched alkanes of at least 4 members (excludes halogenated alkanes) is 1. The summed E-state index contributed by atoms with van der Waals surface area (Å²) in [6.45, 7) is 7.45. The van der Waals surface area contributed by atoms with Crippen LogP contribution >= 0.6 is 0 Å². The van der Waals surface area contributed by atoms with E-state index >= 15 is 0 Å². The molecule has 0 bridgehead atoms. The van der Waals surface area contributed by atoms with Crippen LogP contribution in [-0.2, 0) is 35.2 Å². The van der Waals surface area contributed by atoms with Gasteiger partial charge in [0.2, 0.25) is 29.5 Å². The van der Waals surface area contributed by atoms with Crippen LogP contribution in [0.25, 0.3) is 10.9 Å². The molecule has 0 saturated heterocycles. The van der Waals surface area contributed by atoms with Gasteiger partial charge in [0.25, 0.3) is 0 Å². The Hall–Kier alpha value is -4.50. The number of carbonyl (C=O) groups is 6. The number of carboxylic acid groups (broad SMARTS) is 1. The van der Waals surface area contributed by atoms with Crippen LogP contribution < -0.4 is 38.5 Å². The Morgan fingerprint density at radius 1 is 0.830 bits per heavy atom. The Labute approximate surface area is 274 Å². The zero-order valence-electron chi connectivity index (χ0n) is 27.5. The molecule has 0 unspecified atom stereocenters. The maximum absolute atomic E-state index is 13.8. The predicted octanol–water partition coefficient (Wildman–Crippen LogP) is -0.232. The van der Waals surface area contributed by atoms with Crippen LogP contribution in [0.1, 0.15) is 65.4 Å². The van der Waals surface area contributed by atoms with Crippen molar-refractivity contribution in [2.24, 2.45) is 29.0 Å². The van der Waals surface area contributed by atoms with E-state index in [1.54, 1.807) is 20.0 Å². The van der Waals surface area contributed by atoms with E-state index in [0.29, 0.717) is 25.8 Å². The number of benzene rings is 1. The Kier molecular flexibility index (Phi) is 15.3. The molecule has 12 N–H and O–H groups in total. The van der Waals surface area contributed by atoms with Crippen molar-refractivity contribution in [3.8, 4) is 0 Å². The molecule has 1 aromatic heterocycles. The van der Waals surface area contributed by atoms with Gasteiger partial charge in [-0.1, -0.05) is 45.9 Å². The van der Waals surface area contributed by atoms with Gasteiger partial charge in [0, 0.05) is 23.5 Å². The van der Waals surface area contributed by atoms with Gasteiger partial charge >= 0.3 is 5.97 Å². The number of rotatable bonds is 20. The summed E-state index contributed by atoms with van der Waals surface area (Å²) in [5, 5.41) is 20.5. The Bertz CT molecular complexity index is 1390. The van der Waals surface area contributed by atoms with E-state index in [1.165, 1.54) is 0 Å². The number of fused-ring (bicyclic) bond motifs is 1. The number of H-pyrrole nitrogens is 1. The number of carbonyl (C=O) groups excluding carboxylic acids is 5. The molecule has 1 aromatic carbocycles. The maximum Gasteiger partial charge on any atom is 0.305 e. The van der Waals surface area contributed by atoms with Gasteiger partial charge < -0.3 is 48.6 Å². The monoisotopic (exact) mass is 658 g/mol. The number of hydrogen-bond acceptors (Lipinski definition) is 8. The molecular weight excluding hydrogens is 608 g/mol. The van der Waals surface area contributed by atoms with E-state index in [2.05, 4.69) is 26.3 Å². The summed E-state index contributed by atoms with van der Waals surface area (Å²) in [5.41, 5.74) is 18.7. The quantitative estimate of drug-likeness (QED) is 0.0849. The van der Waals surface area contributed by atoms with E-state index in [1.807, 2.05) is 38.1 Å². The number of carboxylic acids is 1. The molecule has 0 fully saturated rings. The first-order valence-electron chi connectivity index (χ1n) is 15.9. The van der Waals surface area contributed by atoms with E-state index in [-0.39, 0.29) is 18.8 Å². The highest BCUT2D eigenvalue weighted by Crippen LogP contribution is 2.19. The van der Waals surface area contributed by atoms with Gasteiger partial charge in [0.15, 0.2) is 0 Å². The maximum atomic E-state index is 13.8. The molecule has 0 aliphatic rings. The topological polar surface area (TPSA) is 265 Å². The largest absolute Gasteiger partial charge is 0.481 e. The second-order valence-corrected chi connectivity index (χ2v) is 12.5. The van der Waals surface area contributed by atoms with Gasteiger partial charge in [-0.25, -0.2) is 0 Å². The minimum Gasteiger partial charge on any atom is -0.481 e. The third kappa shape index (κ3) is 12.3. The average molecular weight is 659 g/mol. The first-order chi connectivity index (χ1) is 22.1. The first-order valence-corrected chi connectivity index (χ1v) is 15.9. The van der Waals surface area contributed by atoms with Crippen molar-refractivity contribution in [1.82, 2.24) is 26.3 Å². The fourth-order valence-corrected chi connectivity index (χ4v) is 5.13. The number of amides is 5. The van der Waals surface area contributed by atoms with Crippen LogP contribution in [-0.4, -0.2) is 82.3 Å². The smallest absolute Gasteiger partial charge is 0.305 e. The van der Waals surface area contributed by atoms with Crippen LogP contribution in [0.5, 0.6) is 0 Å². The van der Waals surface area contributed by atoms with Crippen molar-refractivity contribution in [3.63, 3.8) is 0 Å². The summed E-state index contributed by atoms with van der Waals surface area (Å²) in [5.74, 6) is -5.44. The van der Waals surface area contributed by atoms with Crippen molar-refractivity contribution in [1.29, 1.82) is 0 Å². The molecule has 5 atom stereocenters. The van der Waals surface area contributed by atoms with Crippen LogP contribution in [0.4, 0.5) is 0 Å². The number of primary amides is 1. The molecule has 0 aliphatic carbocycles. The number of aromatic amines is 1. The molecule has 260 valence electrons. The Morgan fingerprint density at radius 3 is 2.02 bits per heavy atom. The molecule has 2 rings (SSSR count). The number of para-hydroxylation sites is 1. The van der Waals surface area contributed by atoms with Gasteiger partial charge in [-0.05, 0) is 55.7 Å². The van der Waals surface area contributed by atoms with E-state index < -0.39 is 78.1 Å². The predicted molar refractivity (Wildman–Crippen MR) is 176 cm³/mol. The Morgan fingerprint density at radius 2 is 1.43 bits per heavy atom. The van der Waals surface area contributed by atoms with Crippen LogP contribution in [0.2, 0.25) is 0 Å². The minimum absolute atomic E-state index is 0.0703. The van der Waals surface area contributed by atoms with Crippen molar-refractivity contribution < 1.29 is 33.9 Å². The molecule has 0 saturated carbocycles. The van der Waals surface area contributed by atoms with E-state index in [4.69, 9.17) is 17.2 Å². The number of aliphatic carboxylic acids is 1. The fraction of sp³-hybridized carbons (Fsp3) is 0.562. The summed E-state index contributed by atoms with van der Waals surface area (Å²) in [4.78, 5) is 80.1. The summed E-state index contributed by atoms with van der Waals surface area (Å²) in [6.07, 6.45) is 2.44. The first kappa shape index (κ1) is 38.7. The highest BCUT2D eigenvalue weighted by Gasteiger charge is 2.33. The lowest BCUT2D eigenvalue weighted by molar-refractivity contribution is -0.141. The van der Waals surface area contributed by atoms with E-state index in [9.17, 15) is 33.9 Å². The lowest BCUT2D eigenvalue weighted by Gasteiger charge is -2.27. The molecule has 0 spiro atoms. The molecule has 15 heteroatoms. The Balaban J connectivity index is 2.35. The highest BCUT2D eigenvalue weighted by atomic mass is 16.4. The summed E-state index contributed by atoms with van der Waals surface area (Å²) in [6, 6.07) is 1.55. The third-order valence-corrected chi connectivity index (χ3v) is 7.66. The van der Waals surface area contributed by atoms with Crippen molar-refractivity contribution >= 4 is 46.4 Å². The van der Waals surface area contributed by atoms with Crippen LogP contribution in [0.3, 0.4) is 0 Å². The molecule has 1 heterocycles. The number of hydrogen-bond donors (Lipinski definition) is 9. The number of nitrogens with two attached hydrogens (primary N) is 3. The lowest BCUT2D eigenvalue weighted by Crippen LogP contribution is -2.59. The highest BCUT2D eigenvalue weighted by molar-refractivity contribution is 5.97. The molecule has 5 amide bonds.